The number of hydrogen-bond donors (Lipinski definition) is 1. The molecule has 0 aliphatic carbocycles. The predicted octanol–water partition coefficient (Wildman–Crippen LogP) is 1.83. The third-order valence-electron chi connectivity index (χ3n) is 1.37. The first-order chi connectivity index (χ1) is 6.16. The van der Waals surface area contributed by atoms with Crippen LogP contribution in [0.25, 0.3) is 0 Å². The molecule has 1 N–H and O–H groups in total. The van der Waals surface area contributed by atoms with Gasteiger partial charge in [-0.25, -0.2) is 9.78 Å². The first-order valence-corrected chi connectivity index (χ1v) is 4.05. The lowest BCUT2D eigenvalue weighted by Gasteiger charge is -2.05. The van der Waals surface area contributed by atoms with Gasteiger partial charge in [0.2, 0.25) is 5.88 Å². The molecule has 0 aliphatic rings. The highest BCUT2D eigenvalue weighted by Gasteiger charge is 2.13. The number of pyridine rings is 1. The standard InChI is InChI=1S/C8H8ClNO3/c1-2-13-7-6(9)5(8(11)12)3-4-10-7/h3-4H,2H2,1H3,(H,11,12). The van der Waals surface area contributed by atoms with Crippen LogP contribution in [0.4, 0.5) is 0 Å². The van der Waals surface area contributed by atoms with Crippen LogP contribution >= 0.6 is 11.6 Å². The number of aromatic carboxylic acids is 1. The molecule has 0 aliphatic heterocycles. The summed E-state index contributed by atoms with van der Waals surface area (Å²) in [6, 6.07) is 1.33. The van der Waals surface area contributed by atoms with E-state index in [1.165, 1.54) is 12.3 Å². The Labute approximate surface area is 80.1 Å². The maximum atomic E-state index is 10.6. The fourth-order valence-corrected chi connectivity index (χ4v) is 1.07. The van der Waals surface area contributed by atoms with Crippen LogP contribution < -0.4 is 4.74 Å². The molecule has 0 aromatic carbocycles. The maximum Gasteiger partial charge on any atom is 0.337 e. The molecule has 5 heteroatoms. The monoisotopic (exact) mass is 201 g/mol. The SMILES string of the molecule is CCOc1nccc(C(=O)O)c1Cl. The van der Waals surface area contributed by atoms with Gasteiger partial charge in [0.05, 0.1) is 12.2 Å². The molecule has 0 fully saturated rings. The van der Waals surface area contributed by atoms with Gasteiger partial charge in [0.1, 0.15) is 5.02 Å². The summed E-state index contributed by atoms with van der Waals surface area (Å²) in [5.74, 6) is -0.933. The average molecular weight is 202 g/mol. The number of carboxylic acid groups (broad SMARTS) is 1. The summed E-state index contributed by atoms with van der Waals surface area (Å²) in [5.41, 5.74) is 0.000108. The van der Waals surface area contributed by atoms with E-state index < -0.39 is 5.97 Å². The van der Waals surface area contributed by atoms with E-state index in [-0.39, 0.29) is 16.5 Å². The van der Waals surface area contributed by atoms with E-state index in [2.05, 4.69) is 4.98 Å². The number of halogens is 1. The summed E-state index contributed by atoms with van der Waals surface area (Å²) in [7, 11) is 0. The molecule has 1 heterocycles. The molecule has 0 saturated heterocycles. The lowest BCUT2D eigenvalue weighted by Crippen LogP contribution is -2.02. The maximum absolute atomic E-state index is 10.6. The normalized spacial score (nSPS) is 9.69. The number of hydrogen-bond acceptors (Lipinski definition) is 3. The smallest absolute Gasteiger partial charge is 0.337 e. The highest BCUT2D eigenvalue weighted by atomic mass is 35.5. The Bertz CT molecular complexity index is 327. The van der Waals surface area contributed by atoms with Gasteiger partial charge in [-0.1, -0.05) is 11.6 Å². The Balaban J connectivity index is 3.10. The molecule has 0 unspecified atom stereocenters. The van der Waals surface area contributed by atoms with E-state index in [4.69, 9.17) is 21.4 Å². The molecule has 70 valence electrons. The number of carboxylic acids is 1. The number of aromatic nitrogens is 1. The molecule has 0 amide bonds. The molecule has 0 saturated carbocycles. The van der Waals surface area contributed by atoms with Gasteiger partial charge in [-0.2, -0.15) is 0 Å². The second-order valence-corrected chi connectivity index (χ2v) is 2.59. The van der Waals surface area contributed by atoms with Gasteiger partial charge in [-0.05, 0) is 13.0 Å². The van der Waals surface area contributed by atoms with Crippen molar-refractivity contribution in [2.24, 2.45) is 0 Å². The zero-order valence-electron chi connectivity index (χ0n) is 6.95. The second kappa shape index (κ2) is 4.09. The van der Waals surface area contributed by atoms with Crippen molar-refractivity contribution < 1.29 is 14.6 Å². The average Bonchev–Trinajstić information content (AvgIpc) is 2.08. The molecular weight excluding hydrogens is 194 g/mol. The van der Waals surface area contributed by atoms with Gasteiger partial charge in [0.25, 0.3) is 0 Å². The Kier molecular flexibility index (Phi) is 3.08. The minimum atomic E-state index is -1.09. The van der Waals surface area contributed by atoms with Gasteiger partial charge in [0, 0.05) is 6.20 Å². The van der Waals surface area contributed by atoms with Gasteiger partial charge in [-0.3, -0.25) is 0 Å². The van der Waals surface area contributed by atoms with E-state index in [0.29, 0.717) is 6.61 Å². The van der Waals surface area contributed by atoms with Crippen LogP contribution in [0.2, 0.25) is 5.02 Å². The number of rotatable bonds is 3. The van der Waals surface area contributed by atoms with E-state index in [9.17, 15) is 4.79 Å². The highest BCUT2D eigenvalue weighted by Crippen LogP contribution is 2.25. The predicted molar refractivity (Wildman–Crippen MR) is 47.4 cm³/mol. The quantitative estimate of drug-likeness (QED) is 0.811. The fourth-order valence-electron chi connectivity index (χ4n) is 0.827. The summed E-state index contributed by atoms with van der Waals surface area (Å²) in [6.45, 7) is 2.17. The lowest BCUT2D eigenvalue weighted by atomic mass is 10.3. The van der Waals surface area contributed by atoms with Gasteiger partial charge in [-0.15, -0.1) is 0 Å². The molecule has 13 heavy (non-hydrogen) atoms. The zero-order valence-corrected chi connectivity index (χ0v) is 7.71. The van der Waals surface area contributed by atoms with Crippen LogP contribution in [-0.2, 0) is 0 Å². The van der Waals surface area contributed by atoms with Gasteiger partial charge >= 0.3 is 5.97 Å². The number of nitrogens with zero attached hydrogens (tertiary/aromatic N) is 1. The lowest BCUT2D eigenvalue weighted by molar-refractivity contribution is 0.0696. The topological polar surface area (TPSA) is 59.4 Å². The van der Waals surface area contributed by atoms with E-state index >= 15 is 0 Å². The Morgan fingerprint density at radius 2 is 2.46 bits per heavy atom. The third-order valence-corrected chi connectivity index (χ3v) is 1.73. The molecule has 1 aromatic heterocycles. The van der Waals surface area contributed by atoms with Crippen molar-refractivity contribution in [2.45, 2.75) is 6.92 Å². The molecule has 0 spiro atoms. The van der Waals surface area contributed by atoms with Crippen LogP contribution in [-0.4, -0.2) is 22.7 Å². The first kappa shape index (κ1) is 9.80. The minimum absolute atomic E-state index is 0.000108. The summed E-state index contributed by atoms with van der Waals surface area (Å²) in [6.07, 6.45) is 1.35. The van der Waals surface area contributed by atoms with Gasteiger partial charge < -0.3 is 9.84 Å². The number of ether oxygens (including phenoxy) is 1. The Morgan fingerprint density at radius 3 is 3.00 bits per heavy atom. The van der Waals surface area contributed by atoms with Crippen LogP contribution in [0.15, 0.2) is 12.3 Å². The van der Waals surface area contributed by atoms with Gasteiger partial charge in [0.15, 0.2) is 0 Å². The second-order valence-electron chi connectivity index (χ2n) is 2.22. The Hall–Kier alpha value is -1.29. The van der Waals surface area contributed by atoms with Crippen LogP contribution in [0.1, 0.15) is 17.3 Å². The minimum Gasteiger partial charge on any atom is -0.478 e. The van der Waals surface area contributed by atoms with Crippen molar-refractivity contribution in [3.05, 3.63) is 22.8 Å². The third kappa shape index (κ3) is 2.09. The molecule has 1 rings (SSSR count). The van der Waals surface area contributed by atoms with Crippen LogP contribution in [0, 0.1) is 0 Å². The zero-order chi connectivity index (χ0) is 9.84. The summed E-state index contributed by atoms with van der Waals surface area (Å²) >= 11 is 5.71. The molecule has 1 aromatic rings. The van der Waals surface area contributed by atoms with Crippen molar-refractivity contribution in [1.29, 1.82) is 0 Å². The number of carbonyl (C=O) groups is 1. The summed E-state index contributed by atoms with van der Waals surface area (Å²) < 4.78 is 5.02. The van der Waals surface area contributed by atoms with Crippen LogP contribution in [0.3, 0.4) is 0 Å². The molecular formula is C8H8ClNO3. The largest absolute Gasteiger partial charge is 0.478 e. The highest BCUT2D eigenvalue weighted by molar-refractivity contribution is 6.34. The van der Waals surface area contributed by atoms with E-state index in [1.807, 2.05) is 0 Å². The van der Waals surface area contributed by atoms with Crippen molar-refractivity contribution >= 4 is 17.6 Å². The van der Waals surface area contributed by atoms with Crippen LogP contribution in [0.5, 0.6) is 5.88 Å². The first-order valence-electron chi connectivity index (χ1n) is 3.67. The van der Waals surface area contributed by atoms with Crippen molar-refractivity contribution in [3.63, 3.8) is 0 Å². The fraction of sp³-hybridized carbons (Fsp3) is 0.250. The Morgan fingerprint density at radius 1 is 1.77 bits per heavy atom. The summed E-state index contributed by atoms with van der Waals surface area (Å²) in [4.78, 5) is 14.4. The van der Waals surface area contributed by atoms with Crippen molar-refractivity contribution in [3.8, 4) is 5.88 Å². The molecule has 0 radical (unpaired) electrons. The summed E-state index contributed by atoms with van der Waals surface area (Å²) in [5, 5.41) is 8.73. The van der Waals surface area contributed by atoms with Crippen molar-refractivity contribution in [2.75, 3.05) is 6.61 Å². The van der Waals surface area contributed by atoms with Crippen molar-refractivity contribution in [1.82, 2.24) is 4.98 Å². The molecule has 4 nitrogen and oxygen atoms in total. The van der Waals surface area contributed by atoms with E-state index in [0.717, 1.165) is 0 Å². The molecule has 0 atom stereocenters. The molecule has 0 bridgehead atoms. The van der Waals surface area contributed by atoms with E-state index in [1.54, 1.807) is 6.92 Å².